The van der Waals surface area contributed by atoms with Gasteiger partial charge >= 0.3 is 0 Å². The third kappa shape index (κ3) is 2.80. The number of aromatic nitrogens is 2. The molecule has 4 heteroatoms. The smallest absolute Gasteiger partial charge is 0.117 e. The van der Waals surface area contributed by atoms with E-state index in [1.165, 1.54) is 0 Å². The monoisotopic (exact) mass is 265 g/mol. The summed E-state index contributed by atoms with van der Waals surface area (Å²) in [7, 11) is 0. The van der Waals surface area contributed by atoms with Crippen molar-refractivity contribution in [3.8, 4) is 11.4 Å². The minimum absolute atomic E-state index is 0.254. The molecule has 0 fully saturated rings. The molecule has 0 atom stereocenters. The molecule has 4 nitrogen and oxygen atoms in total. The van der Waals surface area contributed by atoms with Crippen LogP contribution in [-0.4, -0.2) is 14.9 Å². The molecule has 0 bridgehead atoms. The van der Waals surface area contributed by atoms with E-state index in [1.807, 2.05) is 53.3 Å². The SMILES string of the molecule is Oc1cccc(NCc2ccn(-c3ccccc3)n2)c1. The Morgan fingerprint density at radius 3 is 2.65 bits per heavy atom. The van der Waals surface area contributed by atoms with Crippen LogP contribution in [0.3, 0.4) is 0 Å². The van der Waals surface area contributed by atoms with Gasteiger partial charge in [0, 0.05) is 18.0 Å². The number of hydrogen-bond donors (Lipinski definition) is 2. The number of rotatable bonds is 4. The van der Waals surface area contributed by atoms with Crippen LogP contribution in [0.2, 0.25) is 0 Å². The van der Waals surface area contributed by atoms with Gasteiger partial charge in [0.25, 0.3) is 0 Å². The van der Waals surface area contributed by atoms with Crippen LogP contribution in [0.25, 0.3) is 5.69 Å². The Bertz CT molecular complexity index is 692. The molecule has 0 amide bonds. The standard InChI is InChI=1S/C16H15N3O/c20-16-8-4-5-13(11-16)17-12-14-9-10-19(18-14)15-6-2-1-3-7-15/h1-11,17,20H,12H2. The lowest BCUT2D eigenvalue weighted by Crippen LogP contribution is -2.01. The van der Waals surface area contributed by atoms with E-state index in [2.05, 4.69) is 10.4 Å². The summed E-state index contributed by atoms with van der Waals surface area (Å²) >= 11 is 0. The fourth-order valence-electron chi connectivity index (χ4n) is 1.99. The van der Waals surface area contributed by atoms with Crippen LogP contribution < -0.4 is 5.32 Å². The highest BCUT2D eigenvalue weighted by Crippen LogP contribution is 2.16. The van der Waals surface area contributed by atoms with E-state index < -0.39 is 0 Å². The molecule has 1 aromatic heterocycles. The molecule has 100 valence electrons. The summed E-state index contributed by atoms with van der Waals surface area (Å²) in [5, 5.41) is 17.1. The zero-order valence-electron chi connectivity index (χ0n) is 10.9. The quantitative estimate of drug-likeness (QED) is 0.761. The summed E-state index contributed by atoms with van der Waals surface area (Å²) in [4.78, 5) is 0. The van der Waals surface area contributed by atoms with E-state index in [4.69, 9.17) is 0 Å². The number of phenolic OH excluding ortho intramolecular Hbond substituents is 1. The van der Waals surface area contributed by atoms with Crippen LogP contribution in [0, 0.1) is 0 Å². The third-order valence-corrected chi connectivity index (χ3v) is 2.98. The lowest BCUT2D eigenvalue weighted by atomic mass is 10.3. The van der Waals surface area contributed by atoms with Crippen molar-refractivity contribution >= 4 is 5.69 Å². The molecule has 2 N–H and O–H groups in total. The number of para-hydroxylation sites is 1. The number of nitrogens with zero attached hydrogens (tertiary/aromatic N) is 2. The van der Waals surface area contributed by atoms with Gasteiger partial charge in [0.15, 0.2) is 0 Å². The Morgan fingerprint density at radius 2 is 1.85 bits per heavy atom. The molecule has 2 aromatic carbocycles. The van der Waals surface area contributed by atoms with E-state index in [0.29, 0.717) is 6.54 Å². The summed E-state index contributed by atoms with van der Waals surface area (Å²) in [5.41, 5.74) is 2.85. The lowest BCUT2D eigenvalue weighted by molar-refractivity contribution is 0.475. The second-order valence-electron chi connectivity index (χ2n) is 4.49. The van der Waals surface area contributed by atoms with Crippen LogP contribution in [-0.2, 0) is 6.54 Å². The maximum Gasteiger partial charge on any atom is 0.117 e. The van der Waals surface area contributed by atoms with E-state index in [-0.39, 0.29) is 5.75 Å². The largest absolute Gasteiger partial charge is 0.508 e. The molecular formula is C16H15N3O. The molecule has 20 heavy (non-hydrogen) atoms. The number of phenols is 1. The Hall–Kier alpha value is -2.75. The van der Waals surface area contributed by atoms with Crippen molar-refractivity contribution in [3.63, 3.8) is 0 Å². The topological polar surface area (TPSA) is 50.1 Å². The van der Waals surface area contributed by atoms with E-state index >= 15 is 0 Å². The van der Waals surface area contributed by atoms with Crippen LogP contribution >= 0.6 is 0 Å². The van der Waals surface area contributed by atoms with Gasteiger partial charge in [-0.1, -0.05) is 24.3 Å². The van der Waals surface area contributed by atoms with Gasteiger partial charge in [-0.3, -0.25) is 0 Å². The number of aromatic hydroxyl groups is 1. The first-order chi connectivity index (χ1) is 9.81. The molecule has 0 saturated carbocycles. The second kappa shape index (κ2) is 5.48. The van der Waals surface area contributed by atoms with E-state index in [0.717, 1.165) is 17.1 Å². The zero-order valence-corrected chi connectivity index (χ0v) is 10.9. The molecule has 3 aromatic rings. The van der Waals surface area contributed by atoms with E-state index in [1.54, 1.807) is 18.2 Å². The van der Waals surface area contributed by atoms with Gasteiger partial charge in [-0.05, 0) is 30.3 Å². The summed E-state index contributed by atoms with van der Waals surface area (Å²) in [6.45, 7) is 0.614. The molecule has 0 radical (unpaired) electrons. The normalized spacial score (nSPS) is 10.4. The van der Waals surface area contributed by atoms with Crippen molar-refractivity contribution in [1.29, 1.82) is 0 Å². The Labute approximate surface area is 117 Å². The number of anilines is 1. The second-order valence-corrected chi connectivity index (χ2v) is 4.49. The number of nitrogens with one attached hydrogen (secondary N) is 1. The summed E-state index contributed by atoms with van der Waals surface area (Å²) in [6.07, 6.45) is 1.94. The molecule has 0 unspecified atom stereocenters. The summed E-state index contributed by atoms with van der Waals surface area (Å²) < 4.78 is 1.85. The Balaban J connectivity index is 1.69. The highest BCUT2D eigenvalue weighted by atomic mass is 16.3. The fourth-order valence-corrected chi connectivity index (χ4v) is 1.99. The molecule has 3 rings (SSSR count). The Morgan fingerprint density at radius 1 is 1.00 bits per heavy atom. The van der Waals surface area contributed by atoms with Crippen molar-refractivity contribution in [1.82, 2.24) is 9.78 Å². The molecule has 0 aliphatic rings. The first-order valence-electron chi connectivity index (χ1n) is 6.44. The molecule has 0 aliphatic heterocycles. The van der Waals surface area contributed by atoms with Gasteiger partial charge in [0.2, 0.25) is 0 Å². The lowest BCUT2D eigenvalue weighted by Gasteiger charge is -2.04. The Kier molecular flexibility index (Phi) is 3.37. The molecule has 0 aliphatic carbocycles. The molecule has 0 spiro atoms. The molecular weight excluding hydrogens is 250 g/mol. The predicted molar refractivity (Wildman–Crippen MR) is 79.0 cm³/mol. The van der Waals surface area contributed by atoms with Crippen LogP contribution in [0.4, 0.5) is 5.69 Å². The van der Waals surface area contributed by atoms with Crippen LogP contribution in [0.5, 0.6) is 5.75 Å². The number of hydrogen-bond acceptors (Lipinski definition) is 3. The average molecular weight is 265 g/mol. The van der Waals surface area contributed by atoms with Crippen molar-refractivity contribution in [2.75, 3.05) is 5.32 Å². The summed E-state index contributed by atoms with van der Waals surface area (Å²) in [5.74, 6) is 0.254. The third-order valence-electron chi connectivity index (χ3n) is 2.98. The van der Waals surface area contributed by atoms with E-state index in [9.17, 15) is 5.11 Å². The average Bonchev–Trinajstić information content (AvgIpc) is 2.95. The van der Waals surface area contributed by atoms with Gasteiger partial charge in [-0.15, -0.1) is 0 Å². The molecule has 0 saturated heterocycles. The first-order valence-corrected chi connectivity index (χ1v) is 6.44. The maximum absolute atomic E-state index is 9.40. The predicted octanol–water partition coefficient (Wildman–Crippen LogP) is 3.19. The van der Waals surface area contributed by atoms with Crippen molar-refractivity contribution in [2.45, 2.75) is 6.54 Å². The van der Waals surface area contributed by atoms with Gasteiger partial charge in [-0.25, -0.2) is 4.68 Å². The maximum atomic E-state index is 9.40. The van der Waals surface area contributed by atoms with Crippen LogP contribution in [0.1, 0.15) is 5.69 Å². The van der Waals surface area contributed by atoms with Gasteiger partial charge < -0.3 is 10.4 Å². The highest BCUT2D eigenvalue weighted by molar-refractivity contribution is 5.47. The minimum Gasteiger partial charge on any atom is -0.508 e. The van der Waals surface area contributed by atoms with Crippen LogP contribution in [0.15, 0.2) is 66.9 Å². The zero-order chi connectivity index (χ0) is 13.8. The van der Waals surface area contributed by atoms with Gasteiger partial charge in [-0.2, -0.15) is 5.10 Å². The van der Waals surface area contributed by atoms with Crippen molar-refractivity contribution < 1.29 is 5.11 Å². The minimum atomic E-state index is 0.254. The number of benzene rings is 2. The highest BCUT2D eigenvalue weighted by Gasteiger charge is 2.01. The molecule has 1 heterocycles. The van der Waals surface area contributed by atoms with Gasteiger partial charge in [0.05, 0.1) is 17.9 Å². The van der Waals surface area contributed by atoms with Crippen molar-refractivity contribution in [2.24, 2.45) is 0 Å². The fraction of sp³-hybridized carbons (Fsp3) is 0.0625. The summed E-state index contributed by atoms with van der Waals surface area (Å²) in [6, 6.07) is 19.0. The van der Waals surface area contributed by atoms with Crippen molar-refractivity contribution in [3.05, 3.63) is 72.6 Å². The first kappa shape index (κ1) is 12.3. The van der Waals surface area contributed by atoms with Gasteiger partial charge in [0.1, 0.15) is 5.75 Å².